The Bertz CT molecular complexity index is 572. The Labute approximate surface area is 162 Å². The fourth-order valence-electron chi connectivity index (χ4n) is 2.79. The molecule has 6 heteroatoms. The zero-order chi connectivity index (χ0) is 18.8. The van der Waals surface area contributed by atoms with Gasteiger partial charge in [-0.1, -0.05) is 37.6 Å². The second kappa shape index (κ2) is 10.8. The van der Waals surface area contributed by atoms with Crippen molar-refractivity contribution >= 4 is 17.6 Å². The molecule has 26 heavy (non-hydrogen) atoms. The van der Waals surface area contributed by atoms with Gasteiger partial charge in [-0.3, -0.25) is 4.99 Å². The van der Waals surface area contributed by atoms with Crippen LogP contribution in [0.1, 0.15) is 39.2 Å². The van der Waals surface area contributed by atoms with Gasteiger partial charge in [0.2, 0.25) is 0 Å². The Hall–Kier alpha value is -1.30. The Morgan fingerprint density at radius 2 is 2.23 bits per heavy atom. The lowest BCUT2D eigenvalue weighted by molar-refractivity contribution is 0.0420. The molecule has 0 aromatic heterocycles. The fraction of sp³-hybridized carbons (Fsp3) is 0.650. The van der Waals surface area contributed by atoms with Crippen molar-refractivity contribution in [1.29, 1.82) is 0 Å². The number of benzene rings is 1. The van der Waals surface area contributed by atoms with E-state index in [2.05, 4.69) is 37.5 Å². The van der Waals surface area contributed by atoms with Crippen molar-refractivity contribution in [3.63, 3.8) is 0 Å². The number of ether oxygens (including phenoxy) is 2. The predicted octanol–water partition coefficient (Wildman–Crippen LogP) is 3.37. The molecule has 146 valence electrons. The Morgan fingerprint density at radius 1 is 1.38 bits per heavy atom. The summed E-state index contributed by atoms with van der Waals surface area (Å²) >= 11 is 6.13. The van der Waals surface area contributed by atoms with Crippen LogP contribution < -0.4 is 10.6 Å². The Morgan fingerprint density at radius 3 is 2.92 bits per heavy atom. The number of hydrogen-bond acceptors (Lipinski definition) is 3. The Kier molecular flexibility index (Phi) is 8.69. The van der Waals surface area contributed by atoms with Gasteiger partial charge >= 0.3 is 0 Å². The zero-order valence-corrected chi connectivity index (χ0v) is 16.9. The van der Waals surface area contributed by atoms with Gasteiger partial charge in [-0.2, -0.15) is 0 Å². The summed E-state index contributed by atoms with van der Waals surface area (Å²) in [6, 6.07) is 8.01. The molecule has 1 aliphatic heterocycles. The first-order chi connectivity index (χ1) is 12.5. The minimum Gasteiger partial charge on any atom is -0.379 e. The van der Waals surface area contributed by atoms with E-state index in [1.807, 2.05) is 18.2 Å². The van der Waals surface area contributed by atoms with Gasteiger partial charge in [0, 0.05) is 36.7 Å². The maximum atomic E-state index is 6.13. The molecule has 1 aliphatic rings. The molecule has 2 rings (SSSR count). The molecule has 1 aromatic rings. The standard InChI is InChI=1S/C20H32ClN3O2/c1-4-22-19(23-10-6-11-26-18-9-12-25-14-18)24-15-20(2,3)16-7-5-8-17(21)13-16/h5,7-8,13,18H,4,6,9-12,14-15H2,1-3H3,(H2,22,23,24). The summed E-state index contributed by atoms with van der Waals surface area (Å²) in [4.78, 5) is 4.76. The third kappa shape index (κ3) is 7.14. The first-order valence-corrected chi connectivity index (χ1v) is 9.86. The van der Waals surface area contributed by atoms with Crippen molar-refractivity contribution in [2.75, 3.05) is 39.5 Å². The molecule has 0 radical (unpaired) electrons. The van der Waals surface area contributed by atoms with E-state index in [9.17, 15) is 0 Å². The molecule has 0 saturated carbocycles. The molecule has 1 aromatic carbocycles. The summed E-state index contributed by atoms with van der Waals surface area (Å²) in [7, 11) is 0. The average molecular weight is 382 g/mol. The number of aliphatic imine (C=N–C) groups is 1. The molecular formula is C20H32ClN3O2. The number of nitrogens with zero attached hydrogens (tertiary/aromatic N) is 1. The number of rotatable bonds is 9. The van der Waals surface area contributed by atoms with E-state index in [1.165, 1.54) is 5.56 Å². The number of guanidine groups is 1. The monoisotopic (exact) mass is 381 g/mol. The van der Waals surface area contributed by atoms with Crippen LogP contribution >= 0.6 is 11.6 Å². The van der Waals surface area contributed by atoms with Crippen LogP contribution in [0.4, 0.5) is 0 Å². The lowest BCUT2D eigenvalue weighted by Gasteiger charge is -2.24. The summed E-state index contributed by atoms with van der Waals surface area (Å²) in [5, 5.41) is 7.45. The molecule has 1 saturated heterocycles. The van der Waals surface area contributed by atoms with E-state index in [1.54, 1.807) is 0 Å². The molecule has 1 unspecified atom stereocenters. The fourth-order valence-corrected chi connectivity index (χ4v) is 2.98. The van der Waals surface area contributed by atoms with Crippen molar-refractivity contribution in [2.24, 2.45) is 4.99 Å². The zero-order valence-electron chi connectivity index (χ0n) is 16.2. The highest BCUT2D eigenvalue weighted by molar-refractivity contribution is 6.30. The summed E-state index contributed by atoms with van der Waals surface area (Å²) in [6.45, 7) is 11.1. The van der Waals surface area contributed by atoms with Crippen LogP contribution in [0.25, 0.3) is 0 Å². The van der Waals surface area contributed by atoms with Gasteiger partial charge in [0.15, 0.2) is 5.96 Å². The van der Waals surface area contributed by atoms with E-state index in [-0.39, 0.29) is 11.5 Å². The first kappa shape index (κ1) is 21.0. The maximum absolute atomic E-state index is 6.13. The van der Waals surface area contributed by atoms with Crippen LogP contribution in [0.2, 0.25) is 5.02 Å². The Balaban J connectivity index is 1.79. The summed E-state index contributed by atoms with van der Waals surface area (Å²) in [5.41, 5.74) is 1.11. The predicted molar refractivity (Wildman–Crippen MR) is 108 cm³/mol. The number of hydrogen-bond donors (Lipinski definition) is 2. The van der Waals surface area contributed by atoms with Crippen molar-refractivity contribution < 1.29 is 9.47 Å². The van der Waals surface area contributed by atoms with Crippen molar-refractivity contribution in [3.8, 4) is 0 Å². The smallest absolute Gasteiger partial charge is 0.191 e. The quantitative estimate of drug-likeness (QED) is 0.391. The largest absolute Gasteiger partial charge is 0.379 e. The highest BCUT2D eigenvalue weighted by Gasteiger charge is 2.20. The maximum Gasteiger partial charge on any atom is 0.191 e. The van der Waals surface area contributed by atoms with Gasteiger partial charge in [-0.25, -0.2) is 0 Å². The van der Waals surface area contributed by atoms with Crippen LogP contribution in [0.15, 0.2) is 29.3 Å². The van der Waals surface area contributed by atoms with Gasteiger partial charge in [-0.05, 0) is 37.5 Å². The van der Waals surface area contributed by atoms with Gasteiger partial charge in [0.1, 0.15) is 0 Å². The summed E-state index contributed by atoms with van der Waals surface area (Å²) < 4.78 is 11.1. The van der Waals surface area contributed by atoms with Crippen molar-refractivity contribution in [2.45, 2.75) is 45.1 Å². The van der Waals surface area contributed by atoms with E-state index in [0.29, 0.717) is 6.54 Å². The average Bonchev–Trinajstić information content (AvgIpc) is 3.13. The van der Waals surface area contributed by atoms with E-state index in [4.69, 9.17) is 26.1 Å². The van der Waals surface area contributed by atoms with E-state index < -0.39 is 0 Å². The molecule has 1 atom stereocenters. The molecule has 1 heterocycles. The van der Waals surface area contributed by atoms with E-state index >= 15 is 0 Å². The second-order valence-electron chi connectivity index (χ2n) is 7.23. The van der Waals surface area contributed by atoms with Gasteiger partial charge in [-0.15, -0.1) is 0 Å². The second-order valence-corrected chi connectivity index (χ2v) is 7.66. The summed E-state index contributed by atoms with van der Waals surface area (Å²) in [6.07, 6.45) is 2.23. The lowest BCUT2D eigenvalue weighted by Crippen LogP contribution is -2.39. The van der Waals surface area contributed by atoms with Crippen LogP contribution in [-0.2, 0) is 14.9 Å². The summed E-state index contributed by atoms with van der Waals surface area (Å²) in [5.74, 6) is 0.840. The van der Waals surface area contributed by atoms with Crippen LogP contribution in [-0.4, -0.2) is 51.5 Å². The van der Waals surface area contributed by atoms with Gasteiger partial charge in [0.25, 0.3) is 0 Å². The molecule has 0 aliphatic carbocycles. The van der Waals surface area contributed by atoms with Gasteiger partial charge < -0.3 is 20.1 Å². The normalized spacial score (nSPS) is 18.2. The topological polar surface area (TPSA) is 54.9 Å². The molecule has 2 N–H and O–H groups in total. The van der Waals surface area contributed by atoms with E-state index in [0.717, 1.165) is 56.7 Å². The minimum absolute atomic E-state index is 0.0845. The van der Waals surface area contributed by atoms with Crippen LogP contribution in [0.3, 0.4) is 0 Å². The van der Waals surface area contributed by atoms with Crippen LogP contribution in [0, 0.1) is 0 Å². The first-order valence-electron chi connectivity index (χ1n) is 9.49. The van der Waals surface area contributed by atoms with Gasteiger partial charge in [0.05, 0.1) is 19.3 Å². The highest BCUT2D eigenvalue weighted by atomic mass is 35.5. The third-order valence-electron chi connectivity index (χ3n) is 4.44. The molecule has 0 bridgehead atoms. The van der Waals surface area contributed by atoms with Crippen molar-refractivity contribution in [3.05, 3.63) is 34.9 Å². The highest BCUT2D eigenvalue weighted by Crippen LogP contribution is 2.25. The van der Waals surface area contributed by atoms with Crippen LogP contribution in [0.5, 0.6) is 0 Å². The molecule has 0 spiro atoms. The SMILES string of the molecule is CCNC(=NCC(C)(C)c1cccc(Cl)c1)NCCCOC1CCOC1. The number of nitrogens with one attached hydrogen (secondary N) is 2. The third-order valence-corrected chi connectivity index (χ3v) is 4.67. The number of halogens is 1. The molecule has 5 nitrogen and oxygen atoms in total. The molecule has 0 amide bonds. The van der Waals surface area contributed by atoms with Crippen molar-refractivity contribution in [1.82, 2.24) is 10.6 Å². The lowest BCUT2D eigenvalue weighted by atomic mass is 9.85. The molecule has 1 fully saturated rings. The molecular weight excluding hydrogens is 350 g/mol. The minimum atomic E-state index is -0.0845.